The lowest BCUT2D eigenvalue weighted by atomic mass is 10.0. The van der Waals surface area contributed by atoms with Crippen LogP contribution < -0.4 is 5.32 Å². The number of benzene rings is 1. The highest BCUT2D eigenvalue weighted by Gasteiger charge is 2.10. The molecule has 18 heavy (non-hydrogen) atoms. The summed E-state index contributed by atoms with van der Waals surface area (Å²) in [5.74, 6) is -0.0299. The van der Waals surface area contributed by atoms with Crippen LogP contribution in [0.25, 0.3) is 0 Å². The van der Waals surface area contributed by atoms with Crippen LogP contribution in [0, 0.1) is 11.3 Å². The van der Waals surface area contributed by atoms with Crippen LogP contribution in [-0.4, -0.2) is 12.5 Å². The molecule has 0 aromatic heterocycles. The molecule has 1 amide bonds. The lowest BCUT2D eigenvalue weighted by molar-refractivity contribution is -0.120. The van der Waals surface area contributed by atoms with Gasteiger partial charge in [0.25, 0.3) is 0 Å². The van der Waals surface area contributed by atoms with Crippen LogP contribution in [0.2, 0.25) is 0 Å². The summed E-state index contributed by atoms with van der Waals surface area (Å²) < 4.78 is 0. The number of aryl methyl sites for hydroxylation is 2. The van der Waals surface area contributed by atoms with Gasteiger partial charge in [-0.1, -0.05) is 18.2 Å². The van der Waals surface area contributed by atoms with Crippen molar-refractivity contribution < 1.29 is 4.79 Å². The van der Waals surface area contributed by atoms with Crippen LogP contribution in [0.15, 0.2) is 18.2 Å². The zero-order valence-electron chi connectivity index (χ0n) is 10.5. The predicted octanol–water partition coefficient (Wildman–Crippen LogP) is 2.14. The van der Waals surface area contributed by atoms with Crippen molar-refractivity contribution in [3.8, 4) is 6.07 Å². The molecule has 0 heterocycles. The molecule has 3 nitrogen and oxygen atoms in total. The van der Waals surface area contributed by atoms with Gasteiger partial charge in [0.05, 0.1) is 6.07 Å². The van der Waals surface area contributed by atoms with Crippen LogP contribution in [0.4, 0.5) is 0 Å². The van der Waals surface area contributed by atoms with E-state index in [2.05, 4.69) is 23.5 Å². The SMILES string of the molecule is N#CCCC(=O)NCCc1ccc2c(c1)CCC2. The van der Waals surface area contributed by atoms with Crippen LogP contribution >= 0.6 is 0 Å². The zero-order chi connectivity index (χ0) is 12.8. The highest BCUT2D eigenvalue weighted by atomic mass is 16.1. The largest absolute Gasteiger partial charge is 0.356 e. The van der Waals surface area contributed by atoms with E-state index in [0.29, 0.717) is 19.4 Å². The Kier molecular flexibility index (Phi) is 4.35. The molecule has 2 rings (SSSR count). The fraction of sp³-hybridized carbons (Fsp3) is 0.467. The standard InChI is InChI=1S/C15H18N2O/c16-9-2-5-15(18)17-10-8-12-6-7-13-3-1-4-14(13)11-12/h6-7,11H,1-5,8,10H2,(H,17,18). The van der Waals surface area contributed by atoms with Gasteiger partial charge in [0, 0.05) is 19.4 Å². The van der Waals surface area contributed by atoms with Crippen molar-refractivity contribution in [3.63, 3.8) is 0 Å². The normalized spacial score (nSPS) is 12.8. The van der Waals surface area contributed by atoms with Crippen molar-refractivity contribution in [1.29, 1.82) is 5.26 Å². The van der Waals surface area contributed by atoms with E-state index in [1.54, 1.807) is 0 Å². The fourth-order valence-corrected chi connectivity index (χ4v) is 2.38. The molecule has 0 atom stereocenters. The van der Waals surface area contributed by atoms with Gasteiger partial charge in [0.2, 0.25) is 5.91 Å². The number of nitriles is 1. The molecule has 0 aliphatic heterocycles. The van der Waals surface area contributed by atoms with Gasteiger partial charge >= 0.3 is 0 Å². The predicted molar refractivity (Wildman–Crippen MR) is 70.0 cm³/mol. The summed E-state index contributed by atoms with van der Waals surface area (Å²) in [6.07, 6.45) is 5.14. The maximum atomic E-state index is 11.3. The second kappa shape index (κ2) is 6.20. The van der Waals surface area contributed by atoms with E-state index in [0.717, 1.165) is 6.42 Å². The molecule has 1 aromatic rings. The molecule has 1 aliphatic carbocycles. The molecule has 0 unspecified atom stereocenters. The van der Waals surface area contributed by atoms with Crippen molar-refractivity contribution in [2.24, 2.45) is 0 Å². The molecule has 94 valence electrons. The summed E-state index contributed by atoms with van der Waals surface area (Å²) in [6.45, 7) is 0.656. The molecule has 0 radical (unpaired) electrons. The lowest BCUT2D eigenvalue weighted by Gasteiger charge is -2.06. The number of rotatable bonds is 5. The molecule has 1 aromatic carbocycles. The van der Waals surface area contributed by atoms with E-state index in [-0.39, 0.29) is 5.91 Å². The van der Waals surface area contributed by atoms with E-state index >= 15 is 0 Å². The highest BCUT2D eigenvalue weighted by Crippen LogP contribution is 2.22. The van der Waals surface area contributed by atoms with Gasteiger partial charge in [-0.2, -0.15) is 5.26 Å². The first-order chi connectivity index (χ1) is 8.79. The Hall–Kier alpha value is -1.82. The molecule has 0 saturated carbocycles. The average Bonchev–Trinajstić information content (AvgIpc) is 2.83. The minimum Gasteiger partial charge on any atom is -0.356 e. The van der Waals surface area contributed by atoms with Crippen LogP contribution in [0.5, 0.6) is 0 Å². The first-order valence-corrected chi connectivity index (χ1v) is 6.54. The Balaban J connectivity index is 1.77. The van der Waals surface area contributed by atoms with E-state index in [4.69, 9.17) is 5.26 Å². The number of carbonyl (C=O) groups is 1. The summed E-state index contributed by atoms with van der Waals surface area (Å²) >= 11 is 0. The quantitative estimate of drug-likeness (QED) is 0.860. The third-order valence-electron chi connectivity index (χ3n) is 3.36. The van der Waals surface area contributed by atoms with Crippen molar-refractivity contribution >= 4 is 5.91 Å². The molecule has 1 N–H and O–H groups in total. The Labute approximate surface area is 108 Å². The number of hydrogen-bond acceptors (Lipinski definition) is 2. The number of nitrogens with zero attached hydrogens (tertiary/aromatic N) is 1. The Bertz CT molecular complexity index is 474. The van der Waals surface area contributed by atoms with E-state index in [9.17, 15) is 4.79 Å². The lowest BCUT2D eigenvalue weighted by Crippen LogP contribution is -2.25. The van der Waals surface area contributed by atoms with Crippen molar-refractivity contribution in [3.05, 3.63) is 34.9 Å². The topological polar surface area (TPSA) is 52.9 Å². The Morgan fingerprint density at radius 2 is 2.17 bits per heavy atom. The molecule has 0 fully saturated rings. The van der Waals surface area contributed by atoms with Gasteiger partial charge in [-0.25, -0.2) is 0 Å². The third kappa shape index (κ3) is 3.33. The van der Waals surface area contributed by atoms with Gasteiger partial charge in [-0.05, 0) is 42.4 Å². The Morgan fingerprint density at radius 1 is 1.33 bits per heavy atom. The number of amides is 1. The van der Waals surface area contributed by atoms with E-state index < -0.39 is 0 Å². The molecular weight excluding hydrogens is 224 g/mol. The van der Waals surface area contributed by atoms with E-state index in [1.807, 2.05) is 6.07 Å². The monoisotopic (exact) mass is 242 g/mol. The average molecular weight is 242 g/mol. The van der Waals surface area contributed by atoms with Crippen molar-refractivity contribution in [1.82, 2.24) is 5.32 Å². The summed E-state index contributed by atoms with van der Waals surface area (Å²) in [5, 5.41) is 11.2. The minimum absolute atomic E-state index is 0.0299. The minimum atomic E-state index is -0.0299. The smallest absolute Gasteiger partial charge is 0.221 e. The summed E-state index contributed by atoms with van der Waals surface area (Å²) in [5.41, 5.74) is 4.25. The number of nitrogens with one attached hydrogen (secondary N) is 1. The molecular formula is C15H18N2O. The summed E-state index contributed by atoms with van der Waals surface area (Å²) in [6, 6.07) is 8.62. The molecule has 3 heteroatoms. The fourth-order valence-electron chi connectivity index (χ4n) is 2.38. The van der Waals surface area contributed by atoms with E-state index in [1.165, 1.54) is 36.0 Å². The van der Waals surface area contributed by atoms with Crippen molar-refractivity contribution in [2.75, 3.05) is 6.54 Å². The van der Waals surface area contributed by atoms with Gasteiger partial charge in [0.1, 0.15) is 0 Å². The molecule has 0 saturated heterocycles. The number of hydrogen-bond donors (Lipinski definition) is 1. The van der Waals surface area contributed by atoms with Crippen molar-refractivity contribution in [2.45, 2.75) is 38.5 Å². The highest BCUT2D eigenvalue weighted by molar-refractivity contribution is 5.76. The zero-order valence-corrected chi connectivity index (χ0v) is 10.5. The number of fused-ring (bicyclic) bond motifs is 1. The van der Waals surface area contributed by atoms with Gasteiger partial charge in [-0.3, -0.25) is 4.79 Å². The third-order valence-corrected chi connectivity index (χ3v) is 3.36. The Morgan fingerprint density at radius 3 is 3.00 bits per heavy atom. The first kappa shape index (κ1) is 12.6. The maximum absolute atomic E-state index is 11.3. The molecule has 0 spiro atoms. The van der Waals surface area contributed by atoms with Gasteiger partial charge in [-0.15, -0.1) is 0 Å². The summed E-state index contributed by atoms with van der Waals surface area (Å²) in [4.78, 5) is 11.3. The molecule has 1 aliphatic rings. The van der Waals surface area contributed by atoms with Gasteiger partial charge < -0.3 is 5.32 Å². The summed E-state index contributed by atoms with van der Waals surface area (Å²) in [7, 11) is 0. The van der Waals surface area contributed by atoms with Crippen LogP contribution in [0.1, 0.15) is 36.0 Å². The second-order valence-corrected chi connectivity index (χ2v) is 4.71. The second-order valence-electron chi connectivity index (χ2n) is 4.71. The van der Waals surface area contributed by atoms with Crippen LogP contribution in [-0.2, 0) is 24.1 Å². The number of carbonyl (C=O) groups excluding carboxylic acids is 1. The molecule has 0 bridgehead atoms. The first-order valence-electron chi connectivity index (χ1n) is 6.54. The van der Waals surface area contributed by atoms with Crippen LogP contribution in [0.3, 0.4) is 0 Å². The van der Waals surface area contributed by atoms with Gasteiger partial charge in [0.15, 0.2) is 0 Å². The maximum Gasteiger partial charge on any atom is 0.221 e.